The molecule has 0 atom stereocenters. The fourth-order valence-corrected chi connectivity index (χ4v) is 9.37. The molecule has 0 N–H and O–H groups in total. The van der Waals surface area contributed by atoms with Crippen molar-refractivity contribution in [2.75, 3.05) is 0 Å². The first-order valence-electron chi connectivity index (χ1n) is 23.8. The molecule has 75 heavy (non-hydrogen) atoms. The lowest BCUT2D eigenvalue weighted by Crippen LogP contribution is -2.05. The summed E-state index contributed by atoms with van der Waals surface area (Å²) in [5.41, 5.74) is 11.4. The van der Waals surface area contributed by atoms with Crippen molar-refractivity contribution in [3.8, 4) is 108 Å². The highest BCUT2D eigenvalue weighted by Crippen LogP contribution is 2.42. The summed E-state index contributed by atoms with van der Waals surface area (Å²) in [6.07, 6.45) is 0. The topological polar surface area (TPSA) is 139 Å². The number of hydrogen-bond donors (Lipinski definition) is 0. The lowest BCUT2D eigenvalue weighted by atomic mass is 9.99. The maximum Gasteiger partial charge on any atom is 0.189 e. The van der Waals surface area contributed by atoms with E-state index in [1.807, 2.05) is 152 Å². The van der Waals surface area contributed by atoms with Gasteiger partial charge in [0.2, 0.25) is 0 Å². The number of aromatic nitrogens is 7. The first-order chi connectivity index (χ1) is 36.9. The molecular weight excluding hydrogens is 923 g/mol. The zero-order valence-electron chi connectivity index (χ0n) is 39.6. The van der Waals surface area contributed by atoms with Gasteiger partial charge in [-0.15, -0.1) is 0 Å². The Hall–Kier alpha value is -11.2. The molecule has 0 saturated heterocycles. The van der Waals surface area contributed by atoms with Crippen molar-refractivity contribution in [2.24, 2.45) is 0 Å². The van der Waals surface area contributed by atoms with Crippen LogP contribution < -0.4 is 0 Å². The Morgan fingerprint density at radius 3 is 1.07 bits per heavy atom. The van der Waals surface area contributed by atoms with Gasteiger partial charge in [0.25, 0.3) is 0 Å². The molecule has 0 saturated carbocycles. The fourth-order valence-electron chi connectivity index (χ4n) is 9.37. The van der Waals surface area contributed by atoms with E-state index in [1.165, 1.54) is 0 Å². The largest absolute Gasteiger partial charge is 0.308 e. The monoisotopic (exact) mass is 957 g/mol. The van der Waals surface area contributed by atoms with Gasteiger partial charge in [0.1, 0.15) is 0 Å². The zero-order valence-corrected chi connectivity index (χ0v) is 39.6. The lowest BCUT2D eigenvalue weighted by molar-refractivity contribution is 1.06. The summed E-state index contributed by atoms with van der Waals surface area (Å²) in [7, 11) is 0. The minimum Gasteiger partial charge on any atom is -0.308 e. The Morgan fingerprint density at radius 1 is 0.333 bits per heavy atom. The number of benzene rings is 9. The van der Waals surface area contributed by atoms with E-state index in [0.717, 1.165) is 55.2 Å². The van der Waals surface area contributed by atoms with Crippen molar-refractivity contribution in [1.82, 2.24) is 34.5 Å². The highest BCUT2D eigenvalue weighted by Gasteiger charge is 2.23. The molecule has 12 rings (SSSR count). The van der Waals surface area contributed by atoms with Gasteiger partial charge in [-0.1, -0.05) is 146 Å². The SMILES string of the molecule is [C-]#[N+]c1cc(C#N)cc(-c2ccc3c4ccc(-c5cc(C#N)cc([N+]#[C-])c5)cc4n(-c4ccc(-c5nc(-c6ccccc6)nc(-c6ccccc6)n5)cc4-c4nc(-c5ccccc5)nc(-c5ccccc5)n4)c3c2)c1. The van der Waals surface area contributed by atoms with Crippen LogP contribution in [-0.4, -0.2) is 34.5 Å². The predicted molar refractivity (Wildman–Crippen MR) is 293 cm³/mol. The normalized spacial score (nSPS) is 10.9. The van der Waals surface area contributed by atoms with Gasteiger partial charge in [-0.25, -0.2) is 39.6 Å². The van der Waals surface area contributed by atoms with Crippen molar-refractivity contribution in [3.05, 3.63) is 246 Å². The maximum absolute atomic E-state index is 10.0. The molecule has 9 aromatic carbocycles. The maximum atomic E-state index is 10.0. The summed E-state index contributed by atoms with van der Waals surface area (Å²) in [4.78, 5) is 38.3. The van der Waals surface area contributed by atoms with Gasteiger partial charge in [-0.3, -0.25) is 0 Å². The van der Waals surface area contributed by atoms with Gasteiger partial charge in [0, 0.05) is 55.3 Å². The molecule has 0 unspecified atom stereocenters. The Labute approximate surface area is 430 Å². The standard InChI is InChI=1S/C64H35N11/c1-67-51-31-40(38-65)29-49(33-51)46-23-26-53-54-27-24-47(50-30-41(39-66)32-52(34-50)68-2)37-58(54)75(57(53)36-46)56-28-25-48(63-71-59(42-15-7-3-8-16-42)69-60(72-63)43-17-9-4-10-18-43)35-55(56)64-73-61(44-19-11-5-12-20-44)70-62(74-64)45-21-13-6-14-22-45/h3-37H. The lowest BCUT2D eigenvalue weighted by Gasteiger charge is -2.17. The molecule has 0 bridgehead atoms. The van der Waals surface area contributed by atoms with Crippen LogP contribution >= 0.6 is 0 Å². The van der Waals surface area contributed by atoms with E-state index in [-0.39, 0.29) is 0 Å². The van der Waals surface area contributed by atoms with Gasteiger partial charge in [-0.2, -0.15) is 10.5 Å². The summed E-state index contributed by atoms with van der Waals surface area (Å²) in [5.74, 6) is 2.78. The van der Waals surface area contributed by atoms with Crippen LogP contribution in [0.5, 0.6) is 0 Å². The number of nitriles is 2. The van der Waals surface area contributed by atoms with Crippen molar-refractivity contribution in [1.29, 1.82) is 10.5 Å². The van der Waals surface area contributed by atoms with Crippen LogP contribution in [0.25, 0.3) is 128 Å². The van der Waals surface area contributed by atoms with Crippen LogP contribution in [0.15, 0.2) is 212 Å². The van der Waals surface area contributed by atoms with Crippen molar-refractivity contribution in [2.45, 2.75) is 0 Å². The predicted octanol–water partition coefficient (Wildman–Crippen LogP) is 15.3. The third-order valence-electron chi connectivity index (χ3n) is 12.9. The zero-order chi connectivity index (χ0) is 50.8. The molecule has 11 nitrogen and oxygen atoms in total. The van der Waals surface area contributed by atoms with Crippen molar-refractivity contribution >= 4 is 33.2 Å². The van der Waals surface area contributed by atoms with E-state index >= 15 is 0 Å². The highest BCUT2D eigenvalue weighted by atomic mass is 15.1. The third-order valence-corrected chi connectivity index (χ3v) is 12.9. The second kappa shape index (κ2) is 19.2. The second-order valence-corrected chi connectivity index (χ2v) is 17.6. The quantitative estimate of drug-likeness (QED) is 0.130. The average molecular weight is 958 g/mol. The molecule has 12 aromatic rings. The Balaban J connectivity index is 1.19. The minimum absolute atomic E-state index is 0.355. The van der Waals surface area contributed by atoms with Gasteiger partial charge < -0.3 is 4.57 Å². The van der Waals surface area contributed by atoms with E-state index in [0.29, 0.717) is 85.4 Å². The molecule has 11 heteroatoms. The van der Waals surface area contributed by atoms with Gasteiger partial charge in [0.05, 0.1) is 42.0 Å². The van der Waals surface area contributed by atoms with Crippen LogP contribution in [0.1, 0.15) is 11.1 Å². The summed E-state index contributed by atoms with van der Waals surface area (Å²) < 4.78 is 2.18. The van der Waals surface area contributed by atoms with Crippen molar-refractivity contribution < 1.29 is 0 Å². The molecule has 3 heterocycles. The highest BCUT2D eigenvalue weighted by molar-refractivity contribution is 6.12. The molecule has 0 radical (unpaired) electrons. The molecule has 0 aliphatic rings. The van der Waals surface area contributed by atoms with Gasteiger partial charge >= 0.3 is 0 Å². The summed E-state index contributed by atoms with van der Waals surface area (Å²) in [6, 6.07) is 72.4. The van der Waals surface area contributed by atoms with Gasteiger partial charge in [0.15, 0.2) is 46.3 Å². The van der Waals surface area contributed by atoms with Crippen LogP contribution in [-0.2, 0) is 0 Å². The molecule has 346 valence electrons. The summed E-state index contributed by atoms with van der Waals surface area (Å²) >= 11 is 0. The number of hydrogen-bond acceptors (Lipinski definition) is 8. The average Bonchev–Trinajstić information content (AvgIpc) is 3.82. The minimum atomic E-state index is 0.355. The Kier molecular flexibility index (Phi) is 11.5. The van der Waals surface area contributed by atoms with Crippen LogP contribution in [0, 0.1) is 35.8 Å². The third kappa shape index (κ3) is 8.64. The van der Waals surface area contributed by atoms with E-state index in [1.54, 1.807) is 36.4 Å². The molecule has 0 spiro atoms. The van der Waals surface area contributed by atoms with E-state index in [4.69, 9.17) is 43.0 Å². The second-order valence-electron chi connectivity index (χ2n) is 17.6. The smallest absolute Gasteiger partial charge is 0.189 e. The van der Waals surface area contributed by atoms with Crippen molar-refractivity contribution in [3.63, 3.8) is 0 Å². The fraction of sp³-hybridized carbons (Fsp3) is 0. The molecule has 3 aromatic heterocycles. The van der Waals surface area contributed by atoms with E-state index in [9.17, 15) is 10.5 Å². The molecule has 0 aliphatic heterocycles. The van der Waals surface area contributed by atoms with Crippen LogP contribution in [0.4, 0.5) is 11.4 Å². The first-order valence-corrected chi connectivity index (χ1v) is 23.8. The molecule has 0 aliphatic carbocycles. The number of fused-ring (bicyclic) bond motifs is 3. The van der Waals surface area contributed by atoms with Crippen LogP contribution in [0.2, 0.25) is 0 Å². The number of rotatable bonds is 9. The Bertz CT molecular complexity index is 4080. The summed E-state index contributed by atoms with van der Waals surface area (Å²) in [5, 5.41) is 21.9. The number of nitrogens with zero attached hydrogens (tertiary/aromatic N) is 11. The molecular formula is C64H35N11. The Morgan fingerprint density at radius 2 is 0.693 bits per heavy atom. The van der Waals surface area contributed by atoms with E-state index < -0.39 is 0 Å². The summed E-state index contributed by atoms with van der Waals surface area (Å²) in [6.45, 7) is 15.7. The van der Waals surface area contributed by atoms with E-state index in [2.05, 4.69) is 50.7 Å². The first kappa shape index (κ1) is 44.9. The molecule has 0 amide bonds. The molecule has 0 fully saturated rings. The van der Waals surface area contributed by atoms with Crippen LogP contribution in [0.3, 0.4) is 0 Å². The van der Waals surface area contributed by atoms with Gasteiger partial charge in [-0.05, 0) is 89.0 Å².